The minimum atomic E-state index is -3.79. The number of carbonyl (C=O) groups is 1. The van der Waals surface area contributed by atoms with Crippen LogP contribution in [0.15, 0.2) is 47.4 Å². The van der Waals surface area contributed by atoms with Crippen molar-refractivity contribution in [3.63, 3.8) is 0 Å². The second-order valence-corrected chi connectivity index (χ2v) is 8.24. The van der Waals surface area contributed by atoms with E-state index in [0.29, 0.717) is 15.7 Å². The van der Waals surface area contributed by atoms with Crippen molar-refractivity contribution in [3.05, 3.63) is 52.5 Å². The highest BCUT2D eigenvalue weighted by atomic mass is 35.5. The van der Waals surface area contributed by atoms with Crippen LogP contribution < -0.4 is 5.14 Å². The number of thiophene rings is 1. The number of esters is 1. The van der Waals surface area contributed by atoms with Crippen LogP contribution in [0.3, 0.4) is 0 Å². The molecular weight excluding hydrogens is 386 g/mol. The molecule has 0 aliphatic rings. The minimum absolute atomic E-state index is 0.0164. The van der Waals surface area contributed by atoms with Crippen LogP contribution in [0.2, 0.25) is 4.34 Å². The molecule has 0 bridgehead atoms. The molecular formula is C15H12ClN3O4S2. The number of aromatic nitrogens is 2. The Morgan fingerprint density at radius 3 is 2.44 bits per heavy atom. The van der Waals surface area contributed by atoms with Gasteiger partial charge in [0.05, 0.1) is 32.6 Å². The van der Waals surface area contributed by atoms with Gasteiger partial charge in [-0.05, 0) is 36.4 Å². The zero-order valence-corrected chi connectivity index (χ0v) is 15.2. The van der Waals surface area contributed by atoms with Gasteiger partial charge in [0.15, 0.2) is 5.69 Å². The number of methoxy groups -OCH3 is 1. The molecule has 0 saturated heterocycles. The van der Waals surface area contributed by atoms with E-state index in [1.807, 2.05) is 0 Å². The number of nitrogens with two attached hydrogens (primary N) is 1. The quantitative estimate of drug-likeness (QED) is 0.681. The summed E-state index contributed by atoms with van der Waals surface area (Å²) in [4.78, 5) is 12.6. The summed E-state index contributed by atoms with van der Waals surface area (Å²) in [5, 5.41) is 9.36. The van der Waals surface area contributed by atoms with E-state index in [2.05, 4.69) is 5.10 Å². The lowest BCUT2D eigenvalue weighted by molar-refractivity contribution is 0.0593. The Hall–Kier alpha value is -2.20. The normalized spacial score (nSPS) is 11.5. The van der Waals surface area contributed by atoms with Gasteiger partial charge in [-0.1, -0.05) is 11.6 Å². The lowest BCUT2D eigenvalue weighted by Crippen LogP contribution is -2.12. The van der Waals surface area contributed by atoms with Gasteiger partial charge >= 0.3 is 5.97 Å². The molecule has 0 spiro atoms. The Labute approximate surface area is 152 Å². The topological polar surface area (TPSA) is 104 Å². The van der Waals surface area contributed by atoms with Crippen molar-refractivity contribution in [3.8, 4) is 16.3 Å². The van der Waals surface area contributed by atoms with Gasteiger partial charge in [0, 0.05) is 6.07 Å². The SMILES string of the molecule is COC(=O)c1cc(-c2ccc(Cl)s2)n(-c2ccc(S(N)(=O)=O)cc2)n1. The second-order valence-electron chi connectivity index (χ2n) is 4.96. The zero-order valence-electron chi connectivity index (χ0n) is 12.8. The Morgan fingerprint density at radius 1 is 1.24 bits per heavy atom. The molecule has 0 aliphatic carbocycles. The predicted molar refractivity (Wildman–Crippen MR) is 94.6 cm³/mol. The summed E-state index contributed by atoms with van der Waals surface area (Å²) in [5.74, 6) is -0.580. The van der Waals surface area contributed by atoms with E-state index in [1.54, 1.807) is 30.3 Å². The Kier molecular flexibility index (Phi) is 4.65. The standard InChI is InChI=1S/C15H12ClN3O4S2/c1-23-15(20)11-8-12(13-6-7-14(16)24-13)19(18-11)9-2-4-10(5-3-9)25(17,21)22/h2-8H,1H3,(H2,17,21,22). The van der Waals surface area contributed by atoms with E-state index >= 15 is 0 Å². The van der Waals surface area contributed by atoms with Crippen molar-refractivity contribution in [2.24, 2.45) is 5.14 Å². The van der Waals surface area contributed by atoms with Crippen LogP contribution in [0.25, 0.3) is 16.3 Å². The molecule has 0 saturated carbocycles. The van der Waals surface area contributed by atoms with E-state index < -0.39 is 16.0 Å². The van der Waals surface area contributed by atoms with Gasteiger partial charge in [0.1, 0.15) is 0 Å². The van der Waals surface area contributed by atoms with E-state index in [0.717, 1.165) is 4.88 Å². The highest BCUT2D eigenvalue weighted by Crippen LogP contribution is 2.33. The van der Waals surface area contributed by atoms with Gasteiger partial charge in [0.2, 0.25) is 10.0 Å². The van der Waals surface area contributed by atoms with Gasteiger partial charge in [0.25, 0.3) is 0 Å². The van der Waals surface area contributed by atoms with E-state index in [9.17, 15) is 13.2 Å². The zero-order chi connectivity index (χ0) is 18.2. The molecule has 2 heterocycles. The summed E-state index contributed by atoms with van der Waals surface area (Å²) in [7, 11) is -2.52. The Bertz CT molecular complexity index is 1040. The van der Waals surface area contributed by atoms with E-state index in [1.165, 1.54) is 35.3 Å². The predicted octanol–water partition coefficient (Wildman–Crippen LogP) is 2.69. The van der Waals surface area contributed by atoms with E-state index in [-0.39, 0.29) is 10.6 Å². The van der Waals surface area contributed by atoms with Crippen LogP contribution in [0.4, 0.5) is 0 Å². The lowest BCUT2D eigenvalue weighted by Gasteiger charge is -2.07. The van der Waals surface area contributed by atoms with Gasteiger partial charge in [-0.25, -0.2) is 23.0 Å². The summed E-state index contributed by atoms with van der Waals surface area (Å²) in [5.41, 5.74) is 1.31. The number of sulfonamides is 1. The van der Waals surface area contributed by atoms with Crippen LogP contribution in [0.5, 0.6) is 0 Å². The molecule has 0 radical (unpaired) electrons. The smallest absolute Gasteiger partial charge is 0.358 e. The van der Waals surface area contributed by atoms with E-state index in [4.69, 9.17) is 21.5 Å². The molecule has 7 nitrogen and oxygen atoms in total. The third-order valence-electron chi connectivity index (χ3n) is 3.34. The van der Waals surface area contributed by atoms with Crippen LogP contribution in [-0.2, 0) is 14.8 Å². The first kappa shape index (κ1) is 17.6. The highest BCUT2D eigenvalue weighted by Gasteiger charge is 2.18. The van der Waals surface area contributed by atoms with Crippen LogP contribution >= 0.6 is 22.9 Å². The number of halogens is 1. The summed E-state index contributed by atoms with van der Waals surface area (Å²) in [6.07, 6.45) is 0. The molecule has 3 rings (SSSR count). The number of benzene rings is 1. The maximum atomic E-state index is 11.8. The third-order valence-corrected chi connectivity index (χ3v) is 5.52. The summed E-state index contributed by atoms with van der Waals surface area (Å²) in [6, 6.07) is 11.0. The number of carbonyl (C=O) groups excluding carboxylic acids is 1. The number of rotatable bonds is 4. The fraction of sp³-hybridized carbons (Fsp3) is 0.0667. The van der Waals surface area contributed by atoms with Gasteiger partial charge in [-0.2, -0.15) is 5.10 Å². The van der Waals surface area contributed by atoms with Crippen LogP contribution in [-0.4, -0.2) is 31.3 Å². The first-order chi connectivity index (χ1) is 11.8. The number of hydrogen-bond acceptors (Lipinski definition) is 6. The maximum absolute atomic E-state index is 11.8. The molecule has 0 unspecified atom stereocenters. The largest absolute Gasteiger partial charge is 0.464 e. The van der Waals surface area contributed by atoms with Crippen molar-refractivity contribution < 1.29 is 17.9 Å². The number of nitrogens with zero attached hydrogens (tertiary/aromatic N) is 2. The van der Waals surface area contributed by atoms with Gasteiger partial charge in [-0.3, -0.25) is 0 Å². The second kappa shape index (κ2) is 6.60. The minimum Gasteiger partial charge on any atom is -0.464 e. The Morgan fingerprint density at radius 2 is 1.92 bits per heavy atom. The first-order valence-electron chi connectivity index (χ1n) is 6.87. The van der Waals surface area contributed by atoms with Crippen molar-refractivity contribution in [2.45, 2.75) is 4.90 Å². The van der Waals surface area contributed by atoms with Gasteiger partial charge < -0.3 is 4.74 Å². The molecule has 10 heteroatoms. The number of primary sulfonamides is 1. The molecule has 0 amide bonds. The fourth-order valence-electron chi connectivity index (χ4n) is 2.19. The lowest BCUT2D eigenvalue weighted by atomic mass is 10.3. The van der Waals surface area contributed by atoms with Crippen molar-refractivity contribution >= 4 is 38.9 Å². The van der Waals surface area contributed by atoms with Crippen LogP contribution in [0, 0.1) is 0 Å². The van der Waals surface area contributed by atoms with Crippen molar-refractivity contribution in [1.29, 1.82) is 0 Å². The average molecular weight is 398 g/mol. The number of hydrogen-bond donors (Lipinski definition) is 1. The highest BCUT2D eigenvalue weighted by molar-refractivity contribution is 7.89. The molecule has 0 fully saturated rings. The summed E-state index contributed by atoms with van der Waals surface area (Å²) < 4.78 is 29.6. The molecule has 2 aromatic heterocycles. The molecule has 130 valence electrons. The molecule has 1 aromatic carbocycles. The monoisotopic (exact) mass is 397 g/mol. The average Bonchev–Trinajstić information content (AvgIpc) is 3.19. The first-order valence-corrected chi connectivity index (χ1v) is 9.61. The van der Waals surface area contributed by atoms with Crippen molar-refractivity contribution in [1.82, 2.24) is 9.78 Å². The third kappa shape index (κ3) is 3.59. The fourth-order valence-corrected chi connectivity index (χ4v) is 3.75. The molecule has 3 aromatic rings. The van der Waals surface area contributed by atoms with Crippen LogP contribution in [0.1, 0.15) is 10.5 Å². The maximum Gasteiger partial charge on any atom is 0.358 e. The Balaban J connectivity index is 2.14. The summed E-state index contributed by atoms with van der Waals surface area (Å²) >= 11 is 7.32. The summed E-state index contributed by atoms with van der Waals surface area (Å²) in [6.45, 7) is 0. The molecule has 0 aliphatic heterocycles. The van der Waals surface area contributed by atoms with Gasteiger partial charge in [-0.15, -0.1) is 11.3 Å². The van der Waals surface area contributed by atoms with Crippen molar-refractivity contribution in [2.75, 3.05) is 7.11 Å². The number of ether oxygens (including phenoxy) is 1. The molecule has 0 atom stereocenters. The molecule has 25 heavy (non-hydrogen) atoms. The molecule has 2 N–H and O–H groups in total.